The molecular formula is C16H21N3O. The van der Waals surface area contributed by atoms with Crippen molar-refractivity contribution in [3.8, 4) is 0 Å². The number of fused-ring (bicyclic) bond motifs is 1. The van der Waals surface area contributed by atoms with E-state index in [1.54, 1.807) is 6.33 Å². The number of ether oxygens (including phenoxy) is 1. The molecule has 1 aliphatic carbocycles. The van der Waals surface area contributed by atoms with Crippen LogP contribution in [0.4, 0.5) is 5.82 Å². The van der Waals surface area contributed by atoms with Gasteiger partial charge in [0.25, 0.3) is 0 Å². The van der Waals surface area contributed by atoms with Crippen molar-refractivity contribution in [3.63, 3.8) is 0 Å². The minimum Gasteiger partial charge on any atom is -0.376 e. The number of anilines is 1. The molecule has 1 aromatic carbocycles. The van der Waals surface area contributed by atoms with Crippen molar-refractivity contribution >= 4 is 16.7 Å². The largest absolute Gasteiger partial charge is 0.376 e. The molecular weight excluding hydrogens is 250 g/mol. The normalized spacial score (nSPS) is 16.4. The number of aromatic nitrogens is 2. The number of rotatable bonds is 5. The maximum atomic E-state index is 5.91. The Bertz CT molecular complexity index is 547. The van der Waals surface area contributed by atoms with Gasteiger partial charge in [0.2, 0.25) is 0 Å². The van der Waals surface area contributed by atoms with Gasteiger partial charge in [0.15, 0.2) is 0 Å². The summed E-state index contributed by atoms with van der Waals surface area (Å²) in [7, 11) is 0. The van der Waals surface area contributed by atoms with Gasteiger partial charge in [-0.1, -0.05) is 31.4 Å². The fourth-order valence-electron chi connectivity index (χ4n) is 2.77. The second-order valence-electron chi connectivity index (χ2n) is 5.30. The minimum atomic E-state index is 0.465. The van der Waals surface area contributed by atoms with Crippen LogP contribution in [0.5, 0.6) is 0 Å². The number of hydrogen-bond acceptors (Lipinski definition) is 4. The summed E-state index contributed by atoms with van der Waals surface area (Å²) in [6.45, 7) is 1.53. The fourth-order valence-corrected chi connectivity index (χ4v) is 2.77. The quantitative estimate of drug-likeness (QED) is 0.847. The van der Waals surface area contributed by atoms with E-state index in [2.05, 4.69) is 15.3 Å². The molecule has 0 amide bonds. The van der Waals surface area contributed by atoms with Gasteiger partial charge < -0.3 is 10.1 Å². The molecule has 2 aromatic rings. The summed E-state index contributed by atoms with van der Waals surface area (Å²) in [4.78, 5) is 8.57. The monoisotopic (exact) mass is 271 g/mol. The van der Waals surface area contributed by atoms with Crippen molar-refractivity contribution in [2.24, 2.45) is 0 Å². The Morgan fingerprint density at radius 3 is 2.85 bits per heavy atom. The van der Waals surface area contributed by atoms with Crippen molar-refractivity contribution < 1.29 is 4.74 Å². The van der Waals surface area contributed by atoms with Gasteiger partial charge in [0.05, 0.1) is 18.2 Å². The number of para-hydroxylation sites is 1. The molecule has 106 valence electrons. The Balaban J connectivity index is 1.52. The first-order valence-electron chi connectivity index (χ1n) is 7.49. The Morgan fingerprint density at radius 1 is 1.10 bits per heavy atom. The lowest BCUT2D eigenvalue weighted by Crippen LogP contribution is -2.20. The molecule has 1 aromatic heterocycles. The fraction of sp³-hybridized carbons (Fsp3) is 0.500. The third-order valence-corrected chi connectivity index (χ3v) is 3.84. The molecule has 1 N–H and O–H groups in total. The van der Waals surface area contributed by atoms with Crippen LogP contribution in [0.3, 0.4) is 0 Å². The van der Waals surface area contributed by atoms with Gasteiger partial charge in [-0.25, -0.2) is 9.97 Å². The Labute approximate surface area is 119 Å². The van der Waals surface area contributed by atoms with E-state index in [0.717, 1.165) is 29.9 Å². The van der Waals surface area contributed by atoms with E-state index in [0.29, 0.717) is 6.10 Å². The Kier molecular flexibility index (Phi) is 4.43. The summed E-state index contributed by atoms with van der Waals surface area (Å²) in [5.41, 5.74) is 0.971. The number of nitrogens with one attached hydrogen (secondary N) is 1. The van der Waals surface area contributed by atoms with E-state index >= 15 is 0 Å². The first kappa shape index (κ1) is 13.3. The van der Waals surface area contributed by atoms with Crippen LogP contribution in [0, 0.1) is 0 Å². The second kappa shape index (κ2) is 6.66. The lowest BCUT2D eigenvalue weighted by Gasteiger charge is -2.22. The van der Waals surface area contributed by atoms with Crippen LogP contribution in [-0.2, 0) is 4.74 Å². The van der Waals surface area contributed by atoms with Crippen LogP contribution in [0.15, 0.2) is 30.6 Å². The predicted molar refractivity (Wildman–Crippen MR) is 80.9 cm³/mol. The average Bonchev–Trinajstić information content (AvgIpc) is 2.53. The number of nitrogens with zero attached hydrogens (tertiary/aromatic N) is 2. The highest BCUT2D eigenvalue weighted by Crippen LogP contribution is 2.20. The first-order valence-corrected chi connectivity index (χ1v) is 7.49. The van der Waals surface area contributed by atoms with Gasteiger partial charge in [0, 0.05) is 11.9 Å². The summed E-state index contributed by atoms with van der Waals surface area (Å²) >= 11 is 0. The molecule has 1 heterocycles. The molecule has 4 heteroatoms. The van der Waals surface area contributed by atoms with E-state index in [9.17, 15) is 0 Å². The molecule has 3 rings (SSSR count). The summed E-state index contributed by atoms with van der Waals surface area (Å²) in [5, 5.41) is 4.41. The van der Waals surface area contributed by atoms with Crippen molar-refractivity contribution in [1.82, 2.24) is 9.97 Å². The highest BCUT2D eigenvalue weighted by Gasteiger charge is 2.13. The summed E-state index contributed by atoms with van der Waals surface area (Å²) in [6.07, 6.45) is 8.50. The molecule has 0 atom stereocenters. The second-order valence-corrected chi connectivity index (χ2v) is 5.30. The standard InChI is InChI=1S/C16H21N3O/c1-2-6-13(7-3-1)20-11-10-17-16-14-8-4-5-9-15(14)18-12-19-16/h4-5,8-9,12-13H,1-3,6-7,10-11H2,(H,17,18,19). The van der Waals surface area contributed by atoms with Crippen LogP contribution < -0.4 is 5.32 Å². The molecule has 1 saturated carbocycles. The third kappa shape index (κ3) is 3.25. The van der Waals surface area contributed by atoms with Crippen LogP contribution >= 0.6 is 0 Å². The lowest BCUT2D eigenvalue weighted by atomic mass is 9.98. The van der Waals surface area contributed by atoms with E-state index < -0.39 is 0 Å². The maximum Gasteiger partial charge on any atom is 0.137 e. The zero-order valence-corrected chi connectivity index (χ0v) is 11.7. The van der Waals surface area contributed by atoms with Gasteiger partial charge in [-0.05, 0) is 25.0 Å². The molecule has 4 nitrogen and oxygen atoms in total. The molecule has 0 bridgehead atoms. The van der Waals surface area contributed by atoms with Gasteiger partial charge >= 0.3 is 0 Å². The number of hydrogen-bond donors (Lipinski definition) is 1. The first-order chi connectivity index (χ1) is 9.93. The van der Waals surface area contributed by atoms with Crippen molar-refractivity contribution in [1.29, 1.82) is 0 Å². The summed E-state index contributed by atoms with van der Waals surface area (Å²) in [5.74, 6) is 0.892. The van der Waals surface area contributed by atoms with E-state index in [1.807, 2.05) is 24.3 Å². The van der Waals surface area contributed by atoms with E-state index in [-0.39, 0.29) is 0 Å². The van der Waals surface area contributed by atoms with E-state index in [4.69, 9.17) is 4.74 Å². The molecule has 0 saturated heterocycles. The van der Waals surface area contributed by atoms with Gasteiger partial charge in [-0.2, -0.15) is 0 Å². The molecule has 0 radical (unpaired) electrons. The van der Waals surface area contributed by atoms with Gasteiger partial charge in [0.1, 0.15) is 12.1 Å². The highest BCUT2D eigenvalue weighted by atomic mass is 16.5. The summed E-state index contributed by atoms with van der Waals surface area (Å²) in [6, 6.07) is 8.04. The average molecular weight is 271 g/mol. The Morgan fingerprint density at radius 2 is 1.95 bits per heavy atom. The van der Waals surface area contributed by atoms with Crippen molar-refractivity contribution in [2.45, 2.75) is 38.2 Å². The number of benzene rings is 1. The Hall–Kier alpha value is -1.68. The van der Waals surface area contributed by atoms with Crippen LogP contribution in [0.1, 0.15) is 32.1 Å². The topological polar surface area (TPSA) is 47.0 Å². The molecule has 1 aliphatic rings. The molecule has 0 aliphatic heterocycles. The third-order valence-electron chi connectivity index (χ3n) is 3.84. The summed E-state index contributed by atoms with van der Waals surface area (Å²) < 4.78 is 5.91. The molecule has 0 unspecified atom stereocenters. The lowest BCUT2D eigenvalue weighted by molar-refractivity contribution is 0.0347. The van der Waals surface area contributed by atoms with Crippen molar-refractivity contribution in [3.05, 3.63) is 30.6 Å². The zero-order valence-electron chi connectivity index (χ0n) is 11.7. The SMILES string of the molecule is c1ccc2c(NCCOC3CCCCC3)ncnc2c1. The smallest absolute Gasteiger partial charge is 0.137 e. The minimum absolute atomic E-state index is 0.465. The highest BCUT2D eigenvalue weighted by molar-refractivity contribution is 5.88. The predicted octanol–water partition coefficient (Wildman–Crippen LogP) is 3.39. The molecule has 0 spiro atoms. The van der Waals surface area contributed by atoms with Gasteiger partial charge in [-0.3, -0.25) is 0 Å². The van der Waals surface area contributed by atoms with Crippen LogP contribution in [-0.4, -0.2) is 29.2 Å². The maximum absolute atomic E-state index is 5.91. The van der Waals surface area contributed by atoms with Gasteiger partial charge in [-0.15, -0.1) is 0 Å². The van der Waals surface area contributed by atoms with Crippen molar-refractivity contribution in [2.75, 3.05) is 18.5 Å². The molecule has 20 heavy (non-hydrogen) atoms. The van der Waals surface area contributed by atoms with Crippen LogP contribution in [0.2, 0.25) is 0 Å². The van der Waals surface area contributed by atoms with Crippen LogP contribution in [0.25, 0.3) is 10.9 Å². The zero-order chi connectivity index (χ0) is 13.6. The van der Waals surface area contributed by atoms with E-state index in [1.165, 1.54) is 32.1 Å². The molecule has 1 fully saturated rings.